The van der Waals surface area contributed by atoms with Crippen molar-refractivity contribution in [2.24, 2.45) is 0 Å². The molecular formula is C9H12OS. The zero-order valence-electron chi connectivity index (χ0n) is 7.05. The van der Waals surface area contributed by atoms with Crippen LogP contribution in [0.3, 0.4) is 0 Å². The molecule has 1 aromatic rings. The zero-order chi connectivity index (χ0) is 8.27. The van der Waals surface area contributed by atoms with Gasteiger partial charge >= 0.3 is 0 Å². The van der Waals surface area contributed by atoms with Gasteiger partial charge in [-0.1, -0.05) is 6.07 Å². The molecule has 11 heavy (non-hydrogen) atoms. The largest absolute Gasteiger partial charge is 0.496 e. The zero-order valence-corrected chi connectivity index (χ0v) is 7.87. The molecule has 0 amide bonds. The summed E-state index contributed by atoms with van der Waals surface area (Å²) in [6.07, 6.45) is 2.07. The van der Waals surface area contributed by atoms with Crippen molar-refractivity contribution in [2.45, 2.75) is 11.8 Å². The molecule has 1 nitrogen and oxygen atoms in total. The second-order valence-corrected chi connectivity index (χ2v) is 3.14. The summed E-state index contributed by atoms with van der Waals surface area (Å²) >= 11 is 1.74. The van der Waals surface area contributed by atoms with E-state index in [4.69, 9.17) is 4.74 Å². The fraction of sp³-hybridized carbons (Fsp3) is 0.333. The van der Waals surface area contributed by atoms with Crippen LogP contribution >= 0.6 is 11.8 Å². The minimum Gasteiger partial charge on any atom is -0.496 e. The Balaban J connectivity index is 3.10. The van der Waals surface area contributed by atoms with E-state index < -0.39 is 0 Å². The molecule has 60 valence electrons. The molecule has 0 fully saturated rings. The molecule has 0 heterocycles. The van der Waals surface area contributed by atoms with Crippen LogP contribution in [0.15, 0.2) is 23.1 Å². The molecule has 2 heteroatoms. The number of hydrogen-bond donors (Lipinski definition) is 0. The predicted molar refractivity (Wildman–Crippen MR) is 49.5 cm³/mol. The molecular weight excluding hydrogens is 156 g/mol. The summed E-state index contributed by atoms with van der Waals surface area (Å²) in [6.45, 7) is 2.07. The summed E-state index contributed by atoms with van der Waals surface area (Å²) in [5, 5.41) is 0. The van der Waals surface area contributed by atoms with E-state index in [0.29, 0.717) is 0 Å². The van der Waals surface area contributed by atoms with E-state index >= 15 is 0 Å². The van der Waals surface area contributed by atoms with Gasteiger partial charge < -0.3 is 4.74 Å². The Labute approximate surface area is 71.8 Å². The first-order valence-electron chi connectivity index (χ1n) is 3.47. The molecule has 0 bridgehead atoms. The van der Waals surface area contributed by atoms with Crippen molar-refractivity contribution in [1.29, 1.82) is 0 Å². The lowest BCUT2D eigenvalue weighted by Gasteiger charge is -2.06. The third-order valence-corrected chi connectivity index (χ3v) is 2.56. The number of rotatable bonds is 2. The predicted octanol–water partition coefficient (Wildman–Crippen LogP) is 2.73. The quantitative estimate of drug-likeness (QED) is 0.628. The molecule has 1 rings (SSSR count). The summed E-state index contributed by atoms with van der Waals surface area (Å²) < 4.78 is 5.17. The second-order valence-electron chi connectivity index (χ2n) is 2.29. The lowest BCUT2D eigenvalue weighted by atomic mass is 10.2. The summed E-state index contributed by atoms with van der Waals surface area (Å²) in [7, 11) is 1.70. The molecule has 0 aliphatic rings. The minimum absolute atomic E-state index is 0.969. The second kappa shape index (κ2) is 3.67. The fourth-order valence-corrected chi connectivity index (χ4v) is 1.66. The lowest BCUT2D eigenvalue weighted by molar-refractivity contribution is 0.410. The fourth-order valence-electron chi connectivity index (χ4n) is 1.04. The van der Waals surface area contributed by atoms with Crippen molar-refractivity contribution in [3.8, 4) is 5.75 Å². The third kappa shape index (κ3) is 1.69. The number of benzene rings is 1. The maximum atomic E-state index is 5.17. The van der Waals surface area contributed by atoms with Gasteiger partial charge in [-0.3, -0.25) is 0 Å². The van der Waals surface area contributed by atoms with E-state index in [9.17, 15) is 0 Å². The number of ether oxygens (including phenoxy) is 1. The Morgan fingerprint density at radius 1 is 1.36 bits per heavy atom. The monoisotopic (exact) mass is 168 g/mol. The molecule has 0 saturated carbocycles. The van der Waals surface area contributed by atoms with Gasteiger partial charge in [-0.25, -0.2) is 0 Å². The van der Waals surface area contributed by atoms with E-state index in [1.807, 2.05) is 12.1 Å². The Bertz CT molecular complexity index is 223. The highest BCUT2D eigenvalue weighted by Crippen LogP contribution is 2.26. The summed E-state index contributed by atoms with van der Waals surface area (Å²) in [5.41, 5.74) is 1.22. The van der Waals surface area contributed by atoms with Gasteiger partial charge in [0.05, 0.1) is 7.11 Å². The molecule has 0 N–H and O–H groups in total. The van der Waals surface area contributed by atoms with Crippen LogP contribution in [0.5, 0.6) is 5.75 Å². The molecule has 0 aliphatic heterocycles. The number of thioether (sulfide) groups is 1. The van der Waals surface area contributed by atoms with Crippen molar-refractivity contribution >= 4 is 11.8 Å². The van der Waals surface area contributed by atoms with Crippen LogP contribution in [-0.4, -0.2) is 13.4 Å². The normalized spacial score (nSPS) is 9.73. The Kier molecular flexibility index (Phi) is 2.83. The molecule has 1 aromatic carbocycles. The van der Waals surface area contributed by atoms with E-state index in [-0.39, 0.29) is 0 Å². The van der Waals surface area contributed by atoms with Gasteiger partial charge in [-0.15, -0.1) is 11.8 Å². The average Bonchev–Trinajstić information content (AvgIpc) is 2.05. The van der Waals surface area contributed by atoms with Gasteiger partial charge in [0.25, 0.3) is 0 Å². The van der Waals surface area contributed by atoms with Gasteiger partial charge in [-0.2, -0.15) is 0 Å². The van der Waals surface area contributed by atoms with Crippen LogP contribution in [0.25, 0.3) is 0 Å². The lowest BCUT2D eigenvalue weighted by Crippen LogP contribution is -1.87. The van der Waals surface area contributed by atoms with Gasteiger partial charge in [0.15, 0.2) is 0 Å². The smallest absolute Gasteiger partial charge is 0.122 e. The number of hydrogen-bond acceptors (Lipinski definition) is 2. The van der Waals surface area contributed by atoms with Gasteiger partial charge in [0, 0.05) is 10.5 Å². The molecule has 0 aromatic heterocycles. The van der Waals surface area contributed by atoms with Crippen LogP contribution in [0.1, 0.15) is 5.56 Å². The maximum absolute atomic E-state index is 5.17. The first kappa shape index (κ1) is 8.47. The summed E-state index contributed by atoms with van der Waals surface area (Å²) in [5.74, 6) is 0.969. The maximum Gasteiger partial charge on any atom is 0.122 e. The Morgan fingerprint density at radius 2 is 2.09 bits per heavy atom. The van der Waals surface area contributed by atoms with Crippen LogP contribution in [0.2, 0.25) is 0 Å². The number of methoxy groups -OCH3 is 1. The highest BCUT2D eigenvalue weighted by molar-refractivity contribution is 7.98. The molecule has 0 radical (unpaired) electrons. The van der Waals surface area contributed by atoms with Crippen molar-refractivity contribution in [3.63, 3.8) is 0 Å². The van der Waals surface area contributed by atoms with Crippen LogP contribution in [0, 0.1) is 6.92 Å². The average molecular weight is 168 g/mol. The van der Waals surface area contributed by atoms with Crippen molar-refractivity contribution < 1.29 is 4.74 Å². The summed E-state index contributed by atoms with van der Waals surface area (Å²) in [6, 6.07) is 6.09. The molecule has 0 atom stereocenters. The van der Waals surface area contributed by atoms with Crippen molar-refractivity contribution in [3.05, 3.63) is 23.8 Å². The minimum atomic E-state index is 0.969. The van der Waals surface area contributed by atoms with E-state index in [0.717, 1.165) is 5.75 Å². The SMILES string of the molecule is COc1cccc(SC)c1C. The van der Waals surface area contributed by atoms with Crippen molar-refractivity contribution in [1.82, 2.24) is 0 Å². The van der Waals surface area contributed by atoms with E-state index in [1.165, 1.54) is 10.5 Å². The molecule has 0 aliphatic carbocycles. The molecule has 0 unspecified atom stereocenters. The molecule has 0 saturated heterocycles. The Morgan fingerprint density at radius 3 is 2.64 bits per heavy atom. The standard InChI is InChI=1S/C9H12OS/c1-7-8(10-2)5-4-6-9(7)11-3/h4-6H,1-3H3. The highest BCUT2D eigenvalue weighted by Gasteiger charge is 2.00. The Hall–Kier alpha value is -0.630. The topological polar surface area (TPSA) is 9.23 Å². The van der Waals surface area contributed by atoms with E-state index in [2.05, 4.69) is 19.2 Å². The van der Waals surface area contributed by atoms with Crippen LogP contribution in [-0.2, 0) is 0 Å². The van der Waals surface area contributed by atoms with Gasteiger partial charge in [0.2, 0.25) is 0 Å². The first-order chi connectivity index (χ1) is 5.29. The highest BCUT2D eigenvalue weighted by atomic mass is 32.2. The van der Waals surface area contributed by atoms with Crippen LogP contribution in [0.4, 0.5) is 0 Å². The van der Waals surface area contributed by atoms with Crippen molar-refractivity contribution in [2.75, 3.05) is 13.4 Å². The first-order valence-corrected chi connectivity index (χ1v) is 4.69. The third-order valence-electron chi connectivity index (χ3n) is 1.67. The van der Waals surface area contributed by atoms with Gasteiger partial charge in [0.1, 0.15) is 5.75 Å². The van der Waals surface area contributed by atoms with E-state index in [1.54, 1.807) is 18.9 Å². The summed E-state index contributed by atoms with van der Waals surface area (Å²) in [4.78, 5) is 1.28. The molecule has 0 spiro atoms. The van der Waals surface area contributed by atoms with Gasteiger partial charge in [-0.05, 0) is 25.3 Å². The van der Waals surface area contributed by atoms with Crippen LogP contribution < -0.4 is 4.74 Å².